The number of amides is 1. The second-order valence-electron chi connectivity index (χ2n) is 6.16. The molecule has 1 N–H and O–H groups in total. The summed E-state index contributed by atoms with van der Waals surface area (Å²) in [5, 5.41) is 3.33. The smallest absolute Gasteiger partial charge is 0.341 e. The van der Waals surface area contributed by atoms with Crippen molar-refractivity contribution in [1.82, 2.24) is 0 Å². The van der Waals surface area contributed by atoms with E-state index in [0.29, 0.717) is 21.9 Å². The number of fused-ring (bicyclic) bond motifs is 1. The van der Waals surface area contributed by atoms with Crippen molar-refractivity contribution < 1.29 is 23.9 Å². The molecular weight excluding hydrogens is 366 g/mol. The maximum Gasteiger partial charge on any atom is 0.341 e. The minimum Gasteiger partial charge on any atom is -0.484 e. The summed E-state index contributed by atoms with van der Waals surface area (Å²) in [6, 6.07) is 6.49. The van der Waals surface area contributed by atoms with Crippen molar-refractivity contribution in [2.45, 2.75) is 32.6 Å². The van der Waals surface area contributed by atoms with Crippen molar-refractivity contribution >= 4 is 34.5 Å². The molecule has 0 saturated heterocycles. The topological polar surface area (TPSA) is 81.7 Å². The Labute approximate surface area is 161 Å². The zero-order valence-corrected chi connectivity index (χ0v) is 15.9. The Morgan fingerprint density at radius 1 is 1.19 bits per heavy atom. The molecule has 1 amide bonds. The number of hydrogen-bond donors (Lipinski definition) is 1. The molecule has 142 valence electrons. The quantitative estimate of drug-likeness (QED) is 0.579. The minimum absolute atomic E-state index is 0.189. The summed E-state index contributed by atoms with van der Waals surface area (Å²) in [5.74, 6) is -0.247. The lowest BCUT2D eigenvalue weighted by Gasteiger charge is -2.12. The molecule has 0 unspecified atom stereocenters. The van der Waals surface area contributed by atoms with Gasteiger partial charge in [0.15, 0.2) is 6.61 Å². The second-order valence-corrected chi connectivity index (χ2v) is 7.26. The molecule has 0 spiro atoms. The number of benzene rings is 1. The van der Waals surface area contributed by atoms with E-state index in [1.165, 1.54) is 11.3 Å². The Morgan fingerprint density at radius 3 is 2.63 bits per heavy atom. The van der Waals surface area contributed by atoms with Crippen LogP contribution in [0.3, 0.4) is 0 Å². The number of rotatable bonds is 7. The Kier molecular flexibility index (Phi) is 6.24. The van der Waals surface area contributed by atoms with Gasteiger partial charge in [-0.3, -0.25) is 9.59 Å². The number of thiophene rings is 1. The van der Waals surface area contributed by atoms with Crippen molar-refractivity contribution in [3.8, 4) is 5.75 Å². The highest BCUT2D eigenvalue weighted by atomic mass is 32.1. The van der Waals surface area contributed by atoms with Crippen molar-refractivity contribution in [2.75, 3.05) is 18.5 Å². The highest BCUT2D eigenvalue weighted by Gasteiger charge is 2.27. The fourth-order valence-corrected chi connectivity index (χ4v) is 4.32. The molecular formula is C20H21NO5S. The van der Waals surface area contributed by atoms with Crippen LogP contribution in [-0.2, 0) is 22.4 Å². The van der Waals surface area contributed by atoms with Gasteiger partial charge in [-0.2, -0.15) is 0 Å². The van der Waals surface area contributed by atoms with Gasteiger partial charge in [0.05, 0.1) is 12.2 Å². The number of ether oxygens (including phenoxy) is 2. The summed E-state index contributed by atoms with van der Waals surface area (Å²) in [6.45, 7) is 1.86. The van der Waals surface area contributed by atoms with Crippen LogP contribution in [0.4, 0.5) is 5.00 Å². The third-order valence-corrected chi connectivity index (χ3v) is 5.50. The molecule has 1 aromatic heterocycles. The van der Waals surface area contributed by atoms with Crippen LogP contribution in [0.1, 0.15) is 50.9 Å². The van der Waals surface area contributed by atoms with Crippen molar-refractivity contribution in [3.63, 3.8) is 0 Å². The summed E-state index contributed by atoms with van der Waals surface area (Å²) >= 11 is 1.44. The van der Waals surface area contributed by atoms with Crippen LogP contribution >= 0.6 is 11.3 Å². The van der Waals surface area contributed by atoms with Gasteiger partial charge in [0, 0.05) is 10.4 Å². The molecule has 0 radical (unpaired) electrons. The second kappa shape index (κ2) is 8.81. The Morgan fingerprint density at radius 2 is 1.93 bits per heavy atom. The van der Waals surface area contributed by atoms with Crippen LogP contribution in [0.5, 0.6) is 5.75 Å². The van der Waals surface area contributed by atoms with Crippen LogP contribution < -0.4 is 10.1 Å². The largest absolute Gasteiger partial charge is 0.484 e. The summed E-state index contributed by atoms with van der Waals surface area (Å²) in [4.78, 5) is 36.5. The van der Waals surface area contributed by atoms with Gasteiger partial charge >= 0.3 is 5.97 Å². The molecule has 3 rings (SSSR count). The zero-order valence-electron chi connectivity index (χ0n) is 15.1. The number of hydrogen-bond acceptors (Lipinski definition) is 6. The highest BCUT2D eigenvalue weighted by molar-refractivity contribution is 7.17. The van der Waals surface area contributed by atoms with Gasteiger partial charge in [-0.05, 0) is 62.4 Å². The fourth-order valence-electron chi connectivity index (χ4n) is 3.03. The predicted octanol–water partition coefficient (Wildman–Crippen LogP) is 3.63. The Bertz CT molecular complexity index is 841. The molecule has 6 nitrogen and oxygen atoms in total. The molecule has 1 aliphatic rings. The zero-order chi connectivity index (χ0) is 19.2. The van der Waals surface area contributed by atoms with Crippen LogP contribution in [-0.4, -0.2) is 31.4 Å². The molecule has 1 aromatic carbocycles. The van der Waals surface area contributed by atoms with Gasteiger partial charge in [0.2, 0.25) is 0 Å². The normalized spacial score (nSPS) is 12.8. The minimum atomic E-state index is -0.391. The summed E-state index contributed by atoms with van der Waals surface area (Å²) in [5.41, 5.74) is 2.03. The van der Waals surface area contributed by atoms with E-state index >= 15 is 0 Å². The molecule has 0 saturated carbocycles. The number of anilines is 1. The van der Waals surface area contributed by atoms with Gasteiger partial charge in [-0.1, -0.05) is 0 Å². The molecule has 0 aliphatic heterocycles. The first-order valence-corrected chi connectivity index (χ1v) is 9.73. The number of carbonyl (C=O) groups excluding carboxylic acids is 3. The SMILES string of the molecule is CCOC(=O)c1c(NC(=O)COc2ccc(C=O)cc2)sc2c1CCCC2. The van der Waals surface area contributed by atoms with Crippen molar-refractivity contribution in [3.05, 3.63) is 45.8 Å². The summed E-state index contributed by atoms with van der Waals surface area (Å²) in [6.07, 6.45) is 4.61. The number of carbonyl (C=O) groups is 3. The van der Waals surface area contributed by atoms with E-state index in [-0.39, 0.29) is 19.1 Å². The van der Waals surface area contributed by atoms with E-state index in [4.69, 9.17) is 9.47 Å². The van der Waals surface area contributed by atoms with Gasteiger partial charge in [-0.15, -0.1) is 11.3 Å². The molecule has 0 atom stereocenters. The lowest BCUT2D eigenvalue weighted by molar-refractivity contribution is -0.118. The lowest BCUT2D eigenvalue weighted by Crippen LogP contribution is -2.21. The first kappa shape index (κ1) is 19.1. The van der Waals surface area contributed by atoms with E-state index in [2.05, 4.69) is 5.32 Å². The van der Waals surface area contributed by atoms with E-state index in [0.717, 1.165) is 42.4 Å². The summed E-state index contributed by atoms with van der Waals surface area (Å²) in [7, 11) is 0. The standard InChI is InChI=1S/C20H21NO5S/c1-2-25-20(24)18-15-5-3-4-6-16(15)27-19(18)21-17(23)12-26-14-9-7-13(11-22)8-10-14/h7-11H,2-6,12H2,1H3,(H,21,23). The number of esters is 1. The van der Waals surface area contributed by atoms with E-state index in [1.807, 2.05) is 0 Å². The van der Waals surface area contributed by atoms with Gasteiger partial charge in [0.25, 0.3) is 5.91 Å². The van der Waals surface area contributed by atoms with E-state index in [9.17, 15) is 14.4 Å². The maximum atomic E-state index is 12.4. The molecule has 0 fully saturated rings. The third kappa shape index (κ3) is 4.54. The lowest BCUT2D eigenvalue weighted by atomic mass is 9.95. The van der Waals surface area contributed by atoms with Gasteiger partial charge in [-0.25, -0.2) is 4.79 Å². The number of aryl methyl sites for hydroxylation is 1. The molecule has 1 heterocycles. The average Bonchev–Trinajstić information content (AvgIpc) is 3.04. The molecule has 27 heavy (non-hydrogen) atoms. The van der Waals surface area contributed by atoms with Crippen molar-refractivity contribution in [1.29, 1.82) is 0 Å². The third-order valence-electron chi connectivity index (χ3n) is 4.29. The Hall–Kier alpha value is -2.67. The van der Waals surface area contributed by atoms with Crippen LogP contribution in [0.2, 0.25) is 0 Å². The summed E-state index contributed by atoms with van der Waals surface area (Å²) < 4.78 is 10.6. The average molecular weight is 387 g/mol. The molecule has 2 aromatic rings. The fraction of sp³-hybridized carbons (Fsp3) is 0.350. The van der Waals surface area contributed by atoms with Gasteiger partial charge < -0.3 is 14.8 Å². The predicted molar refractivity (Wildman–Crippen MR) is 103 cm³/mol. The van der Waals surface area contributed by atoms with Gasteiger partial charge in [0.1, 0.15) is 17.0 Å². The van der Waals surface area contributed by atoms with E-state index in [1.54, 1.807) is 31.2 Å². The van der Waals surface area contributed by atoms with E-state index < -0.39 is 5.97 Å². The van der Waals surface area contributed by atoms with Crippen molar-refractivity contribution in [2.24, 2.45) is 0 Å². The Balaban J connectivity index is 1.70. The molecule has 1 aliphatic carbocycles. The highest BCUT2D eigenvalue weighted by Crippen LogP contribution is 2.38. The first-order chi connectivity index (χ1) is 13.1. The first-order valence-electron chi connectivity index (χ1n) is 8.92. The molecule has 0 bridgehead atoms. The molecule has 7 heteroatoms. The number of nitrogens with one attached hydrogen (secondary N) is 1. The monoisotopic (exact) mass is 387 g/mol. The van der Waals surface area contributed by atoms with Crippen LogP contribution in [0.15, 0.2) is 24.3 Å². The van der Waals surface area contributed by atoms with Crippen LogP contribution in [0, 0.1) is 0 Å². The van der Waals surface area contributed by atoms with Crippen LogP contribution in [0.25, 0.3) is 0 Å². The maximum absolute atomic E-state index is 12.4. The number of aldehydes is 1.